The Morgan fingerprint density at radius 3 is 2.79 bits per heavy atom. The molecule has 3 rings (SSSR count). The molecule has 1 saturated heterocycles. The number of benzene rings is 1. The van der Waals surface area contributed by atoms with Gasteiger partial charge in [0, 0.05) is 31.4 Å². The Bertz CT molecular complexity index is 693. The van der Waals surface area contributed by atoms with Crippen molar-refractivity contribution in [3.05, 3.63) is 53.7 Å². The van der Waals surface area contributed by atoms with Crippen molar-refractivity contribution in [3.63, 3.8) is 0 Å². The van der Waals surface area contributed by atoms with Crippen LogP contribution in [-0.2, 0) is 17.6 Å². The van der Waals surface area contributed by atoms with E-state index >= 15 is 0 Å². The number of hydrogen-bond acceptors (Lipinski definition) is 3. The molecular weight excluding hydrogens is 298 g/mol. The number of aryl methyl sites for hydroxylation is 2. The maximum Gasteiger partial charge on any atom is 0.224 e. The predicted octanol–water partition coefficient (Wildman–Crippen LogP) is 3.82. The molecule has 1 N–H and O–H groups in total. The van der Waals surface area contributed by atoms with Crippen LogP contribution in [0.25, 0.3) is 0 Å². The fourth-order valence-corrected chi connectivity index (χ4v) is 3.16. The van der Waals surface area contributed by atoms with Crippen molar-refractivity contribution in [2.45, 2.75) is 39.0 Å². The zero-order valence-electron chi connectivity index (χ0n) is 14.3. The van der Waals surface area contributed by atoms with Crippen LogP contribution in [-0.4, -0.2) is 24.0 Å². The van der Waals surface area contributed by atoms with Gasteiger partial charge in [-0.3, -0.25) is 4.79 Å². The van der Waals surface area contributed by atoms with E-state index in [4.69, 9.17) is 0 Å². The van der Waals surface area contributed by atoms with Gasteiger partial charge in [0.2, 0.25) is 5.91 Å². The molecule has 0 radical (unpaired) electrons. The van der Waals surface area contributed by atoms with Crippen LogP contribution in [0.5, 0.6) is 0 Å². The molecule has 1 fully saturated rings. The Morgan fingerprint density at radius 2 is 2.00 bits per heavy atom. The van der Waals surface area contributed by atoms with Gasteiger partial charge in [0.05, 0.1) is 0 Å². The zero-order valence-corrected chi connectivity index (χ0v) is 14.3. The molecule has 1 aromatic heterocycles. The van der Waals surface area contributed by atoms with Crippen molar-refractivity contribution in [3.8, 4) is 0 Å². The molecular formula is C20H25N3O. The Kier molecular flexibility index (Phi) is 5.47. The summed E-state index contributed by atoms with van der Waals surface area (Å²) in [5.41, 5.74) is 3.27. The molecule has 0 spiro atoms. The first-order valence-electron chi connectivity index (χ1n) is 8.84. The molecule has 2 aromatic rings. The van der Waals surface area contributed by atoms with Gasteiger partial charge in [-0.15, -0.1) is 0 Å². The molecule has 4 nitrogen and oxygen atoms in total. The largest absolute Gasteiger partial charge is 0.357 e. The summed E-state index contributed by atoms with van der Waals surface area (Å²) < 4.78 is 0. The van der Waals surface area contributed by atoms with Gasteiger partial charge in [0.1, 0.15) is 5.82 Å². The summed E-state index contributed by atoms with van der Waals surface area (Å²) in [5.74, 6) is 1.11. The Hall–Kier alpha value is -2.36. The molecule has 24 heavy (non-hydrogen) atoms. The average Bonchev–Trinajstić information content (AvgIpc) is 3.15. The highest BCUT2D eigenvalue weighted by atomic mass is 16.1. The lowest BCUT2D eigenvalue weighted by Gasteiger charge is -2.16. The maximum absolute atomic E-state index is 12.3. The van der Waals surface area contributed by atoms with E-state index in [2.05, 4.69) is 34.3 Å². The average molecular weight is 323 g/mol. The molecule has 1 aliphatic heterocycles. The van der Waals surface area contributed by atoms with Crippen molar-refractivity contribution in [2.75, 3.05) is 23.3 Å². The van der Waals surface area contributed by atoms with Crippen LogP contribution in [0.2, 0.25) is 0 Å². The number of hydrogen-bond donors (Lipinski definition) is 1. The van der Waals surface area contributed by atoms with E-state index in [1.807, 2.05) is 30.5 Å². The molecule has 0 aliphatic carbocycles. The number of rotatable bonds is 6. The van der Waals surface area contributed by atoms with E-state index in [0.29, 0.717) is 6.42 Å². The normalized spacial score (nSPS) is 14.0. The standard InChI is InChI=1S/C20H25N3O/c1-2-17-7-3-4-8-18(17)22-20(24)10-9-16-11-12-21-19(15-16)23-13-5-6-14-23/h3-4,7-8,11-12,15H,2,5-6,9-10,13-14H2,1H3,(H,22,24). The summed E-state index contributed by atoms with van der Waals surface area (Å²) >= 11 is 0. The van der Waals surface area contributed by atoms with Gasteiger partial charge >= 0.3 is 0 Å². The summed E-state index contributed by atoms with van der Waals surface area (Å²) in [4.78, 5) is 19.0. The highest BCUT2D eigenvalue weighted by Gasteiger charge is 2.14. The third kappa shape index (κ3) is 4.13. The van der Waals surface area contributed by atoms with Crippen molar-refractivity contribution >= 4 is 17.4 Å². The Balaban J connectivity index is 1.57. The minimum Gasteiger partial charge on any atom is -0.357 e. The number of carbonyl (C=O) groups excluding carboxylic acids is 1. The number of nitrogens with zero attached hydrogens (tertiary/aromatic N) is 2. The van der Waals surface area contributed by atoms with Crippen LogP contribution in [0, 0.1) is 0 Å². The van der Waals surface area contributed by atoms with Crippen LogP contribution >= 0.6 is 0 Å². The molecule has 0 unspecified atom stereocenters. The number of aromatic nitrogens is 1. The van der Waals surface area contributed by atoms with Gasteiger partial charge in [-0.2, -0.15) is 0 Å². The number of pyridine rings is 1. The third-order valence-corrected chi connectivity index (χ3v) is 4.55. The monoisotopic (exact) mass is 323 g/mol. The predicted molar refractivity (Wildman–Crippen MR) is 98.5 cm³/mol. The molecule has 1 aromatic carbocycles. The second-order valence-corrected chi connectivity index (χ2v) is 6.28. The van der Waals surface area contributed by atoms with Crippen molar-refractivity contribution in [1.29, 1.82) is 0 Å². The Morgan fingerprint density at radius 1 is 1.21 bits per heavy atom. The first kappa shape index (κ1) is 16.5. The van der Waals surface area contributed by atoms with Gasteiger partial charge in [-0.1, -0.05) is 25.1 Å². The van der Waals surface area contributed by atoms with Crippen LogP contribution in [0.3, 0.4) is 0 Å². The van der Waals surface area contributed by atoms with Crippen LogP contribution < -0.4 is 10.2 Å². The SMILES string of the molecule is CCc1ccccc1NC(=O)CCc1ccnc(N2CCCC2)c1. The number of para-hydroxylation sites is 1. The molecule has 0 atom stereocenters. The summed E-state index contributed by atoms with van der Waals surface area (Å²) in [6, 6.07) is 12.1. The van der Waals surface area contributed by atoms with Gasteiger partial charge in [-0.05, 0) is 55.0 Å². The quantitative estimate of drug-likeness (QED) is 0.879. The van der Waals surface area contributed by atoms with Gasteiger partial charge in [0.25, 0.3) is 0 Å². The highest BCUT2D eigenvalue weighted by Crippen LogP contribution is 2.20. The molecule has 1 amide bonds. The second kappa shape index (κ2) is 7.95. The van der Waals surface area contributed by atoms with Gasteiger partial charge in [-0.25, -0.2) is 4.98 Å². The van der Waals surface area contributed by atoms with Gasteiger partial charge in [0.15, 0.2) is 0 Å². The van der Waals surface area contributed by atoms with Crippen molar-refractivity contribution in [1.82, 2.24) is 4.98 Å². The first-order chi connectivity index (χ1) is 11.8. The number of amides is 1. The highest BCUT2D eigenvalue weighted by molar-refractivity contribution is 5.91. The maximum atomic E-state index is 12.3. The van der Waals surface area contributed by atoms with E-state index in [0.717, 1.165) is 37.4 Å². The van der Waals surface area contributed by atoms with E-state index in [-0.39, 0.29) is 5.91 Å². The third-order valence-electron chi connectivity index (χ3n) is 4.55. The van der Waals surface area contributed by atoms with Gasteiger partial charge < -0.3 is 10.2 Å². The lowest BCUT2D eigenvalue weighted by Crippen LogP contribution is -2.19. The first-order valence-corrected chi connectivity index (χ1v) is 8.84. The summed E-state index contributed by atoms with van der Waals surface area (Å²) in [5, 5.41) is 3.04. The molecule has 0 bridgehead atoms. The number of nitrogens with one attached hydrogen (secondary N) is 1. The lowest BCUT2D eigenvalue weighted by atomic mass is 10.1. The summed E-state index contributed by atoms with van der Waals surface area (Å²) in [6.07, 6.45) is 6.48. The Labute approximate surface area is 143 Å². The van der Waals surface area contributed by atoms with E-state index < -0.39 is 0 Å². The molecule has 1 aliphatic rings. The topological polar surface area (TPSA) is 45.2 Å². The lowest BCUT2D eigenvalue weighted by molar-refractivity contribution is -0.116. The fraction of sp³-hybridized carbons (Fsp3) is 0.400. The van der Waals surface area contributed by atoms with E-state index in [1.54, 1.807) is 0 Å². The van der Waals surface area contributed by atoms with Crippen LogP contribution in [0.15, 0.2) is 42.6 Å². The zero-order chi connectivity index (χ0) is 16.8. The molecule has 0 saturated carbocycles. The molecule has 126 valence electrons. The number of carbonyl (C=O) groups is 1. The summed E-state index contributed by atoms with van der Waals surface area (Å²) in [7, 11) is 0. The van der Waals surface area contributed by atoms with Crippen LogP contribution in [0.1, 0.15) is 37.3 Å². The summed E-state index contributed by atoms with van der Waals surface area (Å²) in [6.45, 7) is 4.28. The van der Waals surface area contributed by atoms with Crippen molar-refractivity contribution in [2.24, 2.45) is 0 Å². The van der Waals surface area contributed by atoms with E-state index in [1.165, 1.54) is 24.0 Å². The molecule has 4 heteroatoms. The molecule has 2 heterocycles. The minimum atomic E-state index is 0.0652. The second-order valence-electron chi connectivity index (χ2n) is 6.28. The fourth-order valence-electron chi connectivity index (χ4n) is 3.16. The minimum absolute atomic E-state index is 0.0652. The van der Waals surface area contributed by atoms with Crippen molar-refractivity contribution < 1.29 is 4.79 Å². The smallest absolute Gasteiger partial charge is 0.224 e. The van der Waals surface area contributed by atoms with Crippen LogP contribution in [0.4, 0.5) is 11.5 Å². The van der Waals surface area contributed by atoms with E-state index in [9.17, 15) is 4.79 Å². The number of anilines is 2.